The molecule has 0 aromatic carbocycles. The first-order valence-electron chi connectivity index (χ1n) is 11.3. The number of carbonyl (C=O) groups excluding carboxylic acids is 1. The van der Waals surface area contributed by atoms with Crippen LogP contribution in [-0.4, -0.2) is 49.5 Å². The summed E-state index contributed by atoms with van der Waals surface area (Å²) >= 11 is 0. The average molecular weight is 474 g/mol. The number of aliphatic hydroxyl groups is 1. The van der Waals surface area contributed by atoms with E-state index in [9.17, 15) is 15.2 Å². The molecule has 3 aromatic rings. The lowest BCUT2D eigenvalue weighted by Crippen LogP contribution is -2.74. The fourth-order valence-electron chi connectivity index (χ4n) is 5.25. The van der Waals surface area contributed by atoms with Gasteiger partial charge < -0.3 is 15.7 Å². The molecular weight excluding hydrogens is 449 g/mol. The second kappa shape index (κ2) is 8.12. The van der Waals surface area contributed by atoms with Crippen LogP contribution in [0.3, 0.4) is 0 Å². The van der Waals surface area contributed by atoms with Gasteiger partial charge in [0.1, 0.15) is 17.7 Å². The molecule has 2 bridgehead atoms. The summed E-state index contributed by atoms with van der Waals surface area (Å²) in [5.74, 6) is -0.548. The van der Waals surface area contributed by atoms with Crippen LogP contribution in [0.1, 0.15) is 53.8 Å². The lowest BCUT2D eigenvalue weighted by atomic mass is 9.40. The molecule has 6 rings (SSSR count). The highest BCUT2D eigenvalue weighted by atomic mass is 19.1. The molecule has 10 heteroatoms. The number of carbonyl (C=O) groups is 1. The molecule has 3 heterocycles. The molecule has 0 spiro atoms. The predicted molar refractivity (Wildman–Crippen MR) is 123 cm³/mol. The van der Waals surface area contributed by atoms with Crippen LogP contribution >= 0.6 is 0 Å². The summed E-state index contributed by atoms with van der Waals surface area (Å²) in [6, 6.07) is 11.2. The number of aromatic nitrogens is 3. The van der Waals surface area contributed by atoms with Gasteiger partial charge in [0.2, 0.25) is 0 Å². The second-order valence-corrected chi connectivity index (χ2v) is 9.96. The van der Waals surface area contributed by atoms with E-state index in [2.05, 4.69) is 26.8 Å². The number of pyridine rings is 1. The monoisotopic (exact) mass is 473 g/mol. The normalized spacial score (nSPS) is 25.7. The number of rotatable bonds is 8. The smallest absolute Gasteiger partial charge is 0.253 e. The number of hydrogen-bond acceptors (Lipinski definition) is 7. The van der Waals surface area contributed by atoms with E-state index in [0.29, 0.717) is 36.0 Å². The predicted octanol–water partition coefficient (Wildman–Crippen LogP) is 2.20. The van der Waals surface area contributed by atoms with Gasteiger partial charge in [-0.1, -0.05) is 0 Å². The number of nitriles is 2. The van der Waals surface area contributed by atoms with E-state index >= 15 is 4.39 Å². The summed E-state index contributed by atoms with van der Waals surface area (Å²) in [7, 11) is 0. The molecule has 3 atom stereocenters. The highest BCUT2D eigenvalue weighted by molar-refractivity contribution is 5.94. The van der Waals surface area contributed by atoms with E-state index in [4.69, 9.17) is 5.26 Å². The van der Waals surface area contributed by atoms with Crippen LogP contribution in [-0.2, 0) is 0 Å². The third-order valence-corrected chi connectivity index (χ3v) is 7.16. The molecule has 0 saturated heterocycles. The Bertz CT molecular complexity index is 1350. The molecular formula is C25H24FN7O2. The Labute approximate surface area is 201 Å². The van der Waals surface area contributed by atoms with Crippen molar-refractivity contribution in [3.05, 3.63) is 65.7 Å². The van der Waals surface area contributed by atoms with Gasteiger partial charge >= 0.3 is 0 Å². The third kappa shape index (κ3) is 3.91. The zero-order valence-corrected chi connectivity index (χ0v) is 19.1. The summed E-state index contributed by atoms with van der Waals surface area (Å²) in [5, 5.41) is 39.8. The van der Waals surface area contributed by atoms with E-state index in [1.165, 1.54) is 30.0 Å². The van der Waals surface area contributed by atoms with Crippen molar-refractivity contribution >= 4 is 11.4 Å². The van der Waals surface area contributed by atoms with Gasteiger partial charge in [-0.2, -0.15) is 15.6 Å². The van der Waals surface area contributed by atoms with Gasteiger partial charge in [0.25, 0.3) is 5.91 Å². The maximum Gasteiger partial charge on any atom is 0.253 e. The molecule has 3 saturated carbocycles. The van der Waals surface area contributed by atoms with Gasteiger partial charge in [0, 0.05) is 24.5 Å². The van der Waals surface area contributed by atoms with Crippen molar-refractivity contribution in [1.29, 1.82) is 10.5 Å². The van der Waals surface area contributed by atoms with Crippen molar-refractivity contribution in [2.45, 2.75) is 49.5 Å². The van der Waals surface area contributed by atoms with Crippen LogP contribution in [0.2, 0.25) is 0 Å². The number of halogens is 1. The number of β-amino-alcohol motifs (C(OH)–C–C–N with tert-alkyl or cyclic N) is 1. The number of nitrogens with zero attached hydrogens (tertiary/aromatic N) is 5. The maximum atomic E-state index is 16.1. The Morgan fingerprint density at radius 1 is 1.31 bits per heavy atom. The highest BCUT2D eigenvalue weighted by Gasteiger charge is 2.68. The zero-order chi connectivity index (χ0) is 24.8. The summed E-state index contributed by atoms with van der Waals surface area (Å²) in [5.41, 5.74) is -0.876. The fourth-order valence-corrected chi connectivity index (χ4v) is 5.25. The zero-order valence-electron chi connectivity index (χ0n) is 19.1. The molecule has 3 N–H and O–H groups in total. The summed E-state index contributed by atoms with van der Waals surface area (Å²) in [6.45, 7) is 1.33. The van der Waals surface area contributed by atoms with Gasteiger partial charge in [-0.25, -0.2) is 8.91 Å². The van der Waals surface area contributed by atoms with Crippen LogP contribution < -0.4 is 10.6 Å². The Balaban J connectivity index is 1.42. The van der Waals surface area contributed by atoms with Crippen molar-refractivity contribution in [3.63, 3.8) is 0 Å². The molecule has 1 amide bonds. The van der Waals surface area contributed by atoms with Crippen LogP contribution in [0.5, 0.6) is 0 Å². The number of hydrogen-bond donors (Lipinski definition) is 3. The lowest BCUT2D eigenvalue weighted by molar-refractivity contribution is -0.127. The first kappa shape index (κ1) is 22.9. The van der Waals surface area contributed by atoms with Crippen molar-refractivity contribution in [3.8, 4) is 12.1 Å². The Kier molecular flexibility index (Phi) is 5.32. The Hall–Kier alpha value is -3.86. The van der Waals surface area contributed by atoms with Crippen molar-refractivity contribution < 1.29 is 14.3 Å². The summed E-state index contributed by atoms with van der Waals surface area (Å²) < 4.78 is 17.6. The van der Waals surface area contributed by atoms with E-state index in [1.807, 2.05) is 6.07 Å². The van der Waals surface area contributed by atoms with Crippen LogP contribution in [0.15, 0.2) is 48.9 Å². The second-order valence-electron chi connectivity index (χ2n) is 9.96. The van der Waals surface area contributed by atoms with E-state index in [0.717, 1.165) is 0 Å². The topological polar surface area (TPSA) is 139 Å². The molecule has 3 aliphatic carbocycles. The Morgan fingerprint density at radius 2 is 2.09 bits per heavy atom. The van der Waals surface area contributed by atoms with Gasteiger partial charge in [-0.3, -0.25) is 9.78 Å². The molecule has 0 radical (unpaired) electrons. The van der Waals surface area contributed by atoms with Gasteiger partial charge in [-0.05, 0) is 56.5 Å². The summed E-state index contributed by atoms with van der Waals surface area (Å²) in [6.07, 6.45) is 4.43. The highest BCUT2D eigenvalue weighted by Crippen LogP contribution is 2.66. The van der Waals surface area contributed by atoms with Crippen molar-refractivity contribution in [2.75, 3.05) is 6.54 Å². The summed E-state index contributed by atoms with van der Waals surface area (Å²) in [4.78, 5) is 16.9. The lowest BCUT2D eigenvalue weighted by Gasteiger charge is -2.67. The SMILES string of the molecule is C[C@@](O)(CNC12CC(C#N)(C1)C2)[C@H](F)[C@H](NC(=O)c1cccnc1)c1ccc2cc(C#N)cnn12. The Morgan fingerprint density at radius 3 is 2.74 bits per heavy atom. The average Bonchev–Trinajstić information content (AvgIpc) is 3.24. The largest absolute Gasteiger partial charge is 0.386 e. The van der Waals surface area contributed by atoms with E-state index < -0.39 is 23.7 Å². The van der Waals surface area contributed by atoms with Gasteiger partial charge in [0.15, 0.2) is 6.17 Å². The van der Waals surface area contributed by atoms with Gasteiger partial charge in [-0.15, -0.1) is 0 Å². The van der Waals surface area contributed by atoms with Crippen LogP contribution in [0.25, 0.3) is 5.52 Å². The number of alkyl halides is 1. The minimum absolute atomic E-state index is 0.0513. The maximum absolute atomic E-state index is 16.1. The van der Waals surface area contributed by atoms with E-state index in [-0.39, 0.29) is 23.1 Å². The van der Waals surface area contributed by atoms with Crippen molar-refractivity contribution in [2.24, 2.45) is 5.41 Å². The van der Waals surface area contributed by atoms with Crippen LogP contribution in [0, 0.1) is 28.1 Å². The molecule has 35 heavy (non-hydrogen) atoms. The van der Waals surface area contributed by atoms with Crippen LogP contribution in [0.4, 0.5) is 4.39 Å². The standard InChI is InChI=1S/C25H24FN7O2/c1-23(35,15-30-25-11-24(12-25,13-25)14-28)21(26)20(32-22(34)17-3-2-6-29-10-17)19-5-4-18-7-16(8-27)9-31-33(18)19/h2-7,9-10,20-21,30,35H,11-13,15H2,1H3,(H,32,34)/t20-,21-,23-,24?,25?/m1/s1. The molecule has 178 valence electrons. The molecule has 9 nitrogen and oxygen atoms in total. The quantitative estimate of drug-likeness (QED) is 0.456. The first-order chi connectivity index (χ1) is 16.7. The fraction of sp³-hybridized carbons (Fsp3) is 0.400. The third-order valence-electron chi connectivity index (χ3n) is 7.16. The molecule has 0 aliphatic heterocycles. The van der Waals surface area contributed by atoms with E-state index in [1.54, 1.807) is 30.3 Å². The van der Waals surface area contributed by atoms with Gasteiger partial charge in [0.05, 0.1) is 40.0 Å². The number of fused-ring (bicyclic) bond motifs is 1. The molecule has 3 aromatic heterocycles. The minimum Gasteiger partial charge on any atom is -0.386 e. The molecule has 3 aliphatic rings. The number of amides is 1. The molecule has 0 unspecified atom stereocenters. The first-order valence-corrected chi connectivity index (χ1v) is 11.3. The van der Waals surface area contributed by atoms with Crippen molar-refractivity contribution in [1.82, 2.24) is 25.2 Å². The molecule has 3 fully saturated rings. The number of nitrogens with one attached hydrogen (secondary N) is 2. The minimum atomic E-state index is -1.91.